The second kappa shape index (κ2) is 6.15. The SMILES string of the molecule is Cc1c(-c2cc(N3CC(N(C)C(=O)O)C3)nc(N)n2)cnn1C(F)F. The third kappa shape index (κ3) is 3.04. The highest BCUT2D eigenvalue weighted by atomic mass is 19.3. The van der Waals surface area contributed by atoms with Gasteiger partial charge in [-0.1, -0.05) is 0 Å². The number of alkyl halides is 2. The Morgan fingerprint density at radius 3 is 2.68 bits per heavy atom. The minimum atomic E-state index is -2.74. The molecule has 0 saturated carbocycles. The number of likely N-dealkylation sites (N-methyl/N-ethyl adjacent to an activating group) is 1. The van der Waals surface area contributed by atoms with Gasteiger partial charge in [0, 0.05) is 31.8 Å². The van der Waals surface area contributed by atoms with Gasteiger partial charge in [-0.3, -0.25) is 0 Å². The van der Waals surface area contributed by atoms with Gasteiger partial charge in [0.2, 0.25) is 5.95 Å². The third-order valence-electron chi connectivity index (χ3n) is 4.27. The third-order valence-corrected chi connectivity index (χ3v) is 4.27. The van der Waals surface area contributed by atoms with E-state index in [-0.39, 0.29) is 17.7 Å². The Balaban J connectivity index is 1.84. The molecule has 3 rings (SSSR count). The first-order chi connectivity index (χ1) is 11.8. The van der Waals surface area contributed by atoms with Crippen LogP contribution in [0.3, 0.4) is 0 Å². The molecule has 0 bridgehead atoms. The molecule has 1 fully saturated rings. The fraction of sp³-hybridized carbons (Fsp3) is 0.429. The van der Waals surface area contributed by atoms with Crippen LogP contribution in [0.1, 0.15) is 12.2 Å². The fourth-order valence-electron chi connectivity index (χ4n) is 2.67. The molecule has 3 heterocycles. The number of hydrogen-bond acceptors (Lipinski definition) is 6. The number of aromatic nitrogens is 4. The lowest BCUT2D eigenvalue weighted by atomic mass is 10.1. The van der Waals surface area contributed by atoms with Crippen molar-refractivity contribution in [3.05, 3.63) is 18.0 Å². The zero-order chi connectivity index (χ0) is 18.3. The molecule has 11 heteroatoms. The monoisotopic (exact) mass is 353 g/mol. The first kappa shape index (κ1) is 16.9. The number of carboxylic acid groups (broad SMARTS) is 1. The smallest absolute Gasteiger partial charge is 0.407 e. The summed E-state index contributed by atoms with van der Waals surface area (Å²) in [5, 5.41) is 12.6. The molecule has 1 saturated heterocycles. The van der Waals surface area contributed by atoms with Crippen LogP contribution in [-0.4, -0.2) is 62.0 Å². The summed E-state index contributed by atoms with van der Waals surface area (Å²) in [5.74, 6) is 0.522. The highest BCUT2D eigenvalue weighted by Gasteiger charge is 2.33. The molecule has 1 amide bonds. The number of nitrogen functional groups attached to an aromatic ring is 1. The van der Waals surface area contributed by atoms with E-state index in [1.807, 2.05) is 4.90 Å². The second-order valence-electron chi connectivity index (χ2n) is 5.79. The first-order valence-corrected chi connectivity index (χ1v) is 7.45. The number of rotatable bonds is 4. The standard InChI is InChI=1S/C14H17F2N7O2/c1-7-9(4-18-23(7)12(15)16)10-3-11(20-13(17)19-10)22-5-8(6-22)21(2)14(24)25/h3-4,8,12H,5-6H2,1-2H3,(H,24,25)(H2,17,19,20). The molecular weight excluding hydrogens is 336 g/mol. The Labute approximate surface area is 141 Å². The van der Waals surface area contributed by atoms with Crippen molar-refractivity contribution in [1.82, 2.24) is 24.6 Å². The normalized spacial score (nSPS) is 14.7. The second-order valence-corrected chi connectivity index (χ2v) is 5.79. The molecule has 0 spiro atoms. The van der Waals surface area contributed by atoms with E-state index in [1.165, 1.54) is 25.1 Å². The molecule has 0 unspecified atom stereocenters. The lowest BCUT2D eigenvalue weighted by molar-refractivity contribution is 0.0545. The van der Waals surface area contributed by atoms with Gasteiger partial charge in [0.15, 0.2) is 0 Å². The molecule has 2 aromatic rings. The predicted octanol–water partition coefficient (Wildman–Crippen LogP) is 1.42. The van der Waals surface area contributed by atoms with Crippen LogP contribution >= 0.6 is 0 Å². The minimum Gasteiger partial charge on any atom is -0.465 e. The summed E-state index contributed by atoms with van der Waals surface area (Å²) >= 11 is 0. The Hall–Kier alpha value is -2.98. The molecule has 3 N–H and O–H groups in total. The van der Waals surface area contributed by atoms with Crippen LogP contribution < -0.4 is 10.6 Å². The van der Waals surface area contributed by atoms with Gasteiger partial charge in [-0.2, -0.15) is 18.9 Å². The summed E-state index contributed by atoms with van der Waals surface area (Å²) in [5.41, 5.74) is 6.84. The zero-order valence-electron chi connectivity index (χ0n) is 13.6. The van der Waals surface area contributed by atoms with E-state index in [9.17, 15) is 13.6 Å². The Morgan fingerprint density at radius 2 is 2.12 bits per heavy atom. The van der Waals surface area contributed by atoms with Gasteiger partial charge in [0.1, 0.15) is 5.82 Å². The Bertz CT molecular complexity index is 804. The van der Waals surface area contributed by atoms with Crippen molar-refractivity contribution in [3.63, 3.8) is 0 Å². The van der Waals surface area contributed by atoms with Gasteiger partial charge in [0.25, 0.3) is 0 Å². The Morgan fingerprint density at radius 1 is 1.44 bits per heavy atom. The van der Waals surface area contributed by atoms with Gasteiger partial charge < -0.3 is 20.6 Å². The number of nitrogens with zero attached hydrogens (tertiary/aromatic N) is 6. The van der Waals surface area contributed by atoms with Crippen LogP contribution in [-0.2, 0) is 0 Å². The van der Waals surface area contributed by atoms with Crippen molar-refractivity contribution < 1.29 is 18.7 Å². The van der Waals surface area contributed by atoms with E-state index in [4.69, 9.17) is 10.8 Å². The van der Waals surface area contributed by atoms with Crippen molar-refractivity contribution in [3.8, 4) is 11.3 Å². The van der Waals surface area contributed by atoms with E-state index in [1.54, 1.807) is 6.07 Å². The summed E-state index contributed by atoms with van der Waals surface area (Å²) < 4.78 is 26.4. The van der Waals surface area contributed by atoms with Crippen molar-refractivity contribution in [1.29, 1.82) is 0 Å². The van der Waals surface area contributed by atoms with Crippen LogP contribution in [0.15, 0.2) is 12.3 Å². The van der Waals surface area contributed by atoms with Crippen LogP contribution in [0, 0.1) is 6.92 Å². The van der Waals surface area contributed by atoms with Gasteiger partial charge in [-0.05, 0) is 6.92 Å². The maximum absolute atomic E-state index is 12.9. The van der Waals surface area contributed by atoms with Gasteiger partial charge >= 0.3 is 12.6 Å². The number of anilines is 2. The number of nitrogens with two attached hydrogens (primary N) is 1. The summed E-state index contributed by atoms with van der Waals surface area (Å²) in [6.07, 6.45) is 0.312. The maximum Gasteiger partial charge on any atom is 0.407 e. The number of hydrogen-bond donors (Lipinski definition) is 2. The lowest BCUT2D eigenvalue weighted by Crippen LogP contribution is -2.59. The molecule has 134 valence electrons. The Kier molecular flexibility index (Phi) is 4.15. The van der Waals surface area contributed by atoms with E-state index in [2.05, 4.69) is 15.1 Å². The average Bonchev–Trinajstić information content (AvgIpc) is 2.86. The topological polar surface area (TPSA) is 113 Å². The minimum absolute atomic E-state index is 0.00624. The van der Waals surface area contributed by atoms with Crippen molar-refractivity contribution in [2.75, 3.05) is 30.8 Å². The quantitative estimate of drug-likeness (QED) is 0.854. The van der Waals surface area contributed by atoms with Crippen molar-refractivity contribution >= 4 is 17.9 Å². The zero-order valence-corrected chi connectivity index (χ0v) is 13.6. The molecule has 1 aliphatic rings. The molecular formula is C14H17F2N7O2. The summed E-state index contributed by atoms with van der Waals surface area (Å²) in [6, 6.07) is 1.49. The molecule has 0 aromatic carbocycles. The molecule has 1 aliphatic heterocycles. The van der Waals surface area contributed by atoms with Crippen LogP contribution in [0.25, 0.3) is 11.3 Å². The number of amides is 1. The number of carbonyl (C=O) groups is 1. The molecule has 0 aliphatic carbocycles. The van der Waals surface area contributed by atoms with Crippen LogP contribution in [0.2, 0.25) is 0 Å². The molecule has 2 aromatic heterocycles. The van der Waals surface area contributed by atoms with Crippen molar-refractivity contribution in [2.45, 2.75) is 19.5 Å². The molecule has 0 radical (unpaired) electrons. The molecule has 25 heavy (non-hydrogen) atoms. The first-order valence-electron chi connectivity index (χ1n) is 7.45. The molecule has 0 atom stereocenters. The van der Waals surface area contributed by atoms with E-state index in [0.29, 0.717) is 34.8 Å². The lowest BCUT2D eigenvalue weighted by Gasteiger charge is -2.43. The largest absolute Gasteiger partial charge is 0.465 e. The average molecular weight is 353 g/mol. The fourth-order valence-corrected chi connectivity index (χ4v) is 2.67. The van der Waals surface area contributed by atoms with Gasteiger partial charge in [0.05, 0.1) is 23.6 Å². The highest BCUT2D eigenvalue weighted by molar-refractivity contribution is 5.68. The predicted molar refractivity (Wildman–Crippen MR) is 85.4 cm³/mol. The van der Waals surface area contributed by atoms with Crippen molar-refractivity contribution in [2.24, 2.45) is 0 Å². The van der Waals surface area contributed by atoms with E-state index in [0.717, 1.165) is 0 Å². The van der Waals surface area contributed by atoms with Gasteiger partial charge in [-0.25, -0.2) is 14.5 Å². The molecule has 9 nitrogen and oxygen atoms in total. The van der Waals surface area contributed by atoms with Crippen LogP contribution in [0.5, 0.6) is 0 Å². The van der Waals surface area contributed by atoms with Crippen LogP contribution in [0.4, 0.5) is 25.3 Å². The van der Waals surface area contributed by atoms with Gasteiger partial charge in [-0.15, -0.1) is 0 Å². The summed E-state index contributed by atoms with van der Waals surface area (Å²) in [6.45, 7) is -0.286. The summed E-state index contributed by atoms with van der Waals surface area (Å²) in [4.78, 5) is 22.3. The van der Waals surface area contributed by atoms with E-state index >= 15 is 0 Å². The highest BCUT2D eigenvalue weighted by Crippen LogP contribution is 2.29. The maximum atomic E-state index is 12.9. The number of halogens is 2. The van der Waals surface area contributed by atoms with E-state index < -0.39 is 12.6 Å². The summed E-state index contributed by atoms with van der Waals surface area (Å²) in [7, 11) is 1.51.